The average Bonchev–Trinajstić information content (AvgIpc) is 3.00. The molecule has 0 aliphatic heterocycles. The maximum Gasteiger partial charge on any atom is 0.224 e. The maximum absolute atomic E-state index is 11.3. The van der Waals surface area contributed by atoms with Crippen LogP contribution in [0.25, 0.3) is 0 Å². The van der Waals surface area contributed by atoms with Crippen molar-refractivity contribution in [3.63, 3.8) is 0 Å². The Balaban J connectivity index is 2.01. The van der Waals surface area contributed by atoms with Gasteiger partial charge in [0.05, 0.1) is 6.04 Å². The highest BCUT2D eigenvalue weighted by molar-refractivity contribution is 7.10. The van der Waals surface area contributed by atoms with Gasteiger partial charge in [-0.3, -0.25) is 4.79 Å². The molecule has 0 spiro atoms. The van der Waals surface area contributed by atoms with Crippen molar-refractivity contribution >= 4 is 28.6 Å². The Hall–Kier alpha value is -1.81. The van der Waals surface area contributed by atoms with Gasteiger partial charge in [-0.2, -0.15) is 0 Å². The molecule has 1 aromatic carbocycles. The molecule has 1 unspecified atom stereocenters. The van der Waals surface area contributed by atoms with Crippen molar-refractivity contribution in [1.82, 2.24) is 0 Å². The molecule has 0 aliphatic carbocycles. The summed E-state index contributed by atoms with van der Waals surface area (Å²) < 4.78 is 0. The molecule has 2 rings (SSSR count). The van der Waals surface area contributed by atoms with Crippen LogP contribution in [0.3, 0.4) is 0 Å². The first-order chi connectivity index (χ1) is 9.72. The summed E-state index contributed by atoms with van der Waals surface area (Å²) in [6.45, 7) is 4.02. The summed E-state index contributed by atoms with van der Waals surface area (Å²) in [5.74, 6) is 0.0377. The molecule has 1 aromatic heterocycles. The number of carbonyl (C=O) groups excluding carboxylic acids is 1. The summed E-state index contributed by atoms with van der Waals surface area (Å²) >= 11 is 1.77. The van der Waals surface area contributed by atoms with E-state index in [9.17, 15) is 4.79 Å². The molecule has 0 bridgehead atoms. The van der Waals surface area contributed by atoms with Crippen molar-refractivity contribution in [3.8, 4) is 0 Å². The Kier molecular flexibility index (Phi) is 5.18. The molecule has 1 atom stereocenters. The maximum atomic E-state index is 11.3. The Morgan fingerprint density at radius 2 is 1.85 bits per heavy atom. The van der Waals surface area contributed by atoms with Crippen molar-refractivity contribution in [1.29, 1.82) is 0 Å². The molecule has 2 N–H and O–H groups in total. The smallest absolute Gasteiger partial charge is 0.224 e. The number of thiophene rings is 1. The number of nitrogens with one attached hydrogen (secondary N) is 2. The van der Waals surface area contributed by atoms with E-state index in [1.165, 1.54) is 4.88 Å². The Morgan fingerprint density at radius 3 is 2.40 bits per heavy atom. The summed E-state index contributed by atoms with van der Waals surface area (Å²) in [5, 5.41) is 8.47. The lowest BCUT2D eigenvalue weighted by atomic mass is 10.1. The molecule has 0 aliphatic rings. The fourth-order valence-corrected chi connectivity index (χ4v) is 2.83. The van der Waals surface area contributed by atoms with Gasteiger partial charge in [0.25, 0.3) is 0 Å². The van der Waals surface area contributed by atoms with Crippen LogP contribution >= 0.6 is 11.3 Å². The minimum atomic E-state index is 0.0377. The van der Waals surface area contributed by atoms with Gasteiger partial charge in [0, 0.05) is 22.7 Å². The summed E-state index contributed by atoms with van der Waals surface area (Å²) in [6, 6.07) is 12.4. The van der Waals surface area contributed by atoms with Crippen molar-refractivity contribution < 1.29 is 4.79 Å². The van der Waals surface area contributed by atoms with Crippen molar-refractivity contribution in [2.24, 2.45) is 0 Å². The third kappa shape index (κ3) is 3.84. The minimum Gasteiger partial charge on any atom is -0.377 e. The van der Waals surface area contributed by atoms with Crippen LogP contribution < -0.4 is 10.6 Å². The van der Waals surface area contributed by atoms with Gasteiger partial charge < -0.3 is 10.6 Å². The van der Waals surface area contributed by atoms with Crippen LogP contribution in [0.2, 0.25) is 0 Å². The zero-order valence-electron chi connectivity index (χ0n) is 11.8. The number of amides is 1. The molecule has 106 valence electrons. The fourth-order valence-electron chi connectivity index (χ4n) is 1.96. The SMILES string of the molecule is CCC(=O)Nc1ccc(NC(CC)c2cccs2)cc1. The Morgan fingerprint density at radius 1 is 1.15 bits per heavy atom. The van der Waals surface area contributed by atoms with Crippen LogP contribution in [0.5, 0.6) is 0 Å². The van der Waals surface area contributed by atoms with E-state index in [2.05, 4.69) is 35.1 Å². The van der Waals surface area contributed by atoms with Crippen molar-refractivity contribution in [3.05, 3.63) is 46.7 Å². The first-order valence-corrected chi connectivity index (χ1v) is 7.80. The molecular formula is C16H20N2OS. The second-order valence-corrected chi connectivity index (χ2v) is 5.58. The van der Waals surface area contributed by atoms with Gasteiger partial charge in [0.1, 0.15) is 0 Å². The number of benzene rings is 1. The lowest BCUT2D eigenvalue weighted by molar-refractivity contribution is -0.115. The van der Waals surface area contributed by atoms with Gasteiger partial charge in [0.15, 0.2) is 0 Å². The Bertz CT molecular complexity index is 534. The van der Waals surface area contributed by atoms with Gasteiger partial charge in [0.2, 0.25) is 5.91 Å². The van der Waals surface area contributed by atoms with E-state index >= 15 is 0 Å². The number of rotatable bonds is 6. The second kappa shape index (κ2) is 7.10. The lowest BCUT2D eigenvalue weighted by Gasteiger charge is -2.17. The van der Waals surface area contributed by atoms with Crippen LogP contribution in [-0.2, 0) is 4.79 Å². The van der Waals surface area contributed by atoms with Crippen LogP contribution in [0.4, 0.5) is 11.4 Å². The Labute approximate surface area is 124 Å². The van der Waals surface area contributed by atoms with Gasteiger partial charge >= 0.3 is 0 Å². The van der Waals surface area contributed by atoms with E-state index in [0.717, 1.165) is 17.8 Å². The molecular weight excluding hydrogens is 268 g/mol. The van der Waals surface area contributed by atoms with Crippen molar-refractivity contribution in [2.45, 2.75) is 32.7 Å². The summed E-state index contributed by atoms with van der Waals surface area (Å²) in [7, 11) is 0. The van der Waals surface area contributed by atoms with Gasteiger partial charge in [-0.05, 0) is 42.1 Å². The molecule has 0 saturated carbocycles. The van der Waals surface area contributed by atoms with Crippen LogP contribution in [0.1, 0.15) is 37.6 Å². The highest BCUT2D eigenvalue weighted by Gasteiger charge is 2.09. The molecule has 1 heterocycles. The number of anilines is 2. The molecule has 0 saturated heterocycles. The third-order valence-electron chi connectivity index (χ3n) is 3.13. The van der Waals surface area contributed by atoms with Gasteiger partial charge in [-0.15, -0.1) is 11.3 Å². The van der Waals surface area contributed by atoms with E-state index in [1.807, 2.05) is 31.2 Å². The fraction of sp³-hybridized carbons (Fsp3) is 0.312. The molecule has 4 heteroatoms. The van der Waals surface area contributed by atoms with Gasteiger partial charge in [-0.1, -0.05) is 19.9 Å². The highest BCUT2D eigenvalue weighted by atomic mass is 32.1. The molecule has 2 aromatic rings. The summed E-state index contributed by atoms with van der Waals surface area (Å²) in [4.78, 5) is 12.7. The van der Waals surface area contributed by atoms with E-state index in [-0.39, 0.29) is 5.91 Å². The molecule has 3 nitrogen and oxygen atoms in total. The van der Waals surface area contributed by atoms with Crippen LogP contribution in [0.15, 0.2) is 41.8 Å². The topological polar surface area (TPSA) is 41.1 Å². The monoisotopic (exact) mass is 288 g/mol. The van der Waals surface area contributed by atoms with Crippen LogP contribution in [-0.4, -0.2) is 5.91 Å². The van der Waals surface area contributed by atoms with E-state index < -0.39 is 0 Å². The van der Waals surface area contributed by atoms with E-state index in [4.69, 9.17) is 0 Å². The van der Waals surface area contributed by atoms with E-state index in [0.29, 0.717) is 12.5 Å². The largest absolute Gasteiger partial charge is 0.377 e. The highest BCUT2D eigenvalue weighted by Crippen LogP contribution is 2.26. The number of hydrogen-bond donors (Lipinski definition) is 2. The predicted octanol–water partition coefficient (Wildman–Crippen LogP) is 4.66. The minimum absolute atomic E-state index is 0.0377. The summed E-state index contributed by atoms with van der Waals surface area (Å²) in [6.07, 6.45) is 1.53. The van der Waals surface area contributed by atoms with Crippen molar-refractivity contribution in [2.75, 3.05) is 10.6 Å². The molecule has 1 amide bonds. The second-order valence-electron chi connectivity index (χ2n) is 4.60. The predicted molar refractivity (Wildman–Crippen MR) is 86.3 cm³/mol. The van der Waals surface area contributed by atoms with Crippen LogP contribution in [0, 0.1) is 0 Å². The number of carbonyl (C=O) groups is 1. The van der Waals surface area contributed by atoms with E-state index in [1.54, 1.807) is 11.3 Å². The molecule has 0 radical (unpaired) electrons. The normalized spacial score (nSPS) is 11.9. The zero-order chi connectivity index (χ0) is 14.4. The average molecular weight is 288 g/mol. The lowest BCUT2D eigenvalue weighted by Crippen LogP contribution is -2.10. The van der Waals surface area contributed by atoms with Gasteiger partial charge in [-0.25, -0.2) is 0 Å². The third-order valence-corrected chi connectivity index (χ3v) is 4.11. The standard InChI is InChI=1S/C16H20N2OS/c1-3-14(15-6-5-11-20-15)17-12-7-9-13(10-8-12)18-16(19)4-2/h5-11,14,17H,3-4H2,1-2H3,(H,18,19). The first-order valence-electron chi connectivity index (χ1n) is 6.92. The quantitative estimate of drug-likeness (QED) is 0.811. The first kappa shape index (κ1) is 14.6. The number of hydrogen-bond acceptors (Lipinski definition) is 3. The zero-order valence-corrected chi connectivity index (χ0v) is 12.7. The summed E-state index contributed by atoms with van der Waals surface area (Å²) in [5.41, 5.74) is 1.91. The molecule has 0 fully saturated rings. The molecule has 20 heavy (non-hydrogen) atoms.